The topological polar surface area (TPSA) is 0 Å². The number of benzene rings is 14. The number of hydrogen-bond donors (Lipinski definition) is 0. The maximum absolute atomic E-state index is 17.1. The average molecular weight is 2370 g/mol. The second-order valence-electron chi connectivity index (χ2n) is 38.0. The maximum atomic E-state index is 17.1. The number of aryl methyl sites for hydroxylation is 5. The summed E-state index contributed by atoms with van der Waals surface area (Å²) in [4.78, 5) is 0. The predicted octanol–water partition coefficient (Wildman–Crippen LogP) is 21.4. The fourth-order valence-electron chi connectivity index (χ4n) is 16.3. The summed E-state index contributed by atoms with van der Waals surface area (Å²) in [7, 11) is 0. The first kappa shape index (κ1) is 98.2. The molecule has 14 aromatic carbocycles. The van der Waals surface area contributed by atoms with Crippen molar-refractivity contribution in [3.63, 3.8) is 0 Å². The molecule has 9 heteroatoms. The van der Waals surface area contributed by atoms with Crippen LogP contribution < -0.4 is 47.9 Å². The Labute approximate surface area is 768 Å². The molecule has 0 atom stereocenters. The minimum absolute atomic E-state index is 0.171. The van der Waals surface area contributed by atoms with Crippen LogP contribution in [0, 0.1) is 69.2 Å². The minimum atomic E-state index is -6.75. The van der Waals surface area contributed by atoms with Crippen LogP contribution in [0.2, 0.25) is 0 Å². The summed E-state index contributed by atoms with van der Waals surface area (Å²) >= 11 is -17.9. The van der Waals surface area contributed by atoms with Gasteiger partial charge >= 0.3 is 778 Å². The van der Waals surface area contributed by atoms with Crippen LogP contribution in [0.3, 0.4) is 0 Å². The zero-order valence-electron chi connectivity index (χ0n) is 77.5. The van der Waals surface area contributed by atoms with Crippen LogP contribution in [0.15, 0.2) is 334 Å². The molecular formula is C114H130Bi2F4Sb2Te. The first-order chi connectivity index (χ1) is 57.7. The molecule has 0 radical (unpaired) electrons. The molecule has 0 saturated heterocycles. The molecule has 0 spiro atoms. The van der Waals surface area contributed by atoms with Gasteiger partial charge in [-0.1, -0.05) is 0 Å². The van der Waals surface area contributed by atoms with Gasteiger partial charge in [0.25, 0.3) is 0 Å². The van der Waals surface area contributed by atoms with Gasteiger partial charge in [-0.2, -0.15) is 0 Å². The van der Waals surface area contributed by atoms with Gasteiger partial charge in [0, 0.05) is 0 Å². The molecule has 0 nitrogen and oxygen atoms in total. The molecule has 0 heterocycles. The molecule has 0 amide bonds. The molecular weight excluding hydrogens is 2230 g/mol. The fourth-order valence-corrected chi connectivity index (χ4v) is 56.1. The second kappa shape index (κ2) is 40.5. The average Bonchev–Trinajstić information content (AvgIpc) is 0.713. The first-order valence-electron chi connectivity index (χ1n) is 43.0. The molecule has 0 aromatic heterocycles. The van der Waals surface area contributed by atoms with Crippen molar-refractivity contribution in [1.82, 2.24) is 0 Å². The van der Waals surface area contributed by atoms with Crippen molar-refractivity contribution in [2.24, 2.45) is 0 Å². The van der Waals surface area contributed by atoms with Gasteiger partial charge in [0.15, 0.2) is 0 Å². The molecule has 14 aromatic rings. The van der Waals surface area contributed by atoms with Gasteiger partial charge in [-0.3, -0.25) is 0 Å². The molecule has 123 heavy (non-hydrogen) atoms. The molecule has 0 unspecified atom stereocenters. The van der Waals surface area contributed by atoms with Crippen LogP contribution in [0.5, 0.6) is 0 Å². The molecule has 0 aliphatic rings. The number of rotatable bonds is 14. The van der Waals surface area contributed by atoms with Gasteiger partial charge in [-0.05, 0) is 0 Å². The Balaban J connectivity index is 0.000000162. The molecule has 0 saturated carbocycles. The van der Waals surface area contributed by atoms with E-state index in [0.717, 1.165) is 33.4 Å². The van der Waals surface area contributed by atoms with Crippen LogP contribution in [0.1, 0.15) is 187 Å². The van der Waals surface area contributed by atoms with Crippen LogP contribution in [0.25, 0.3) is 0 Å². The Morgan fingerprint density at radius 1 is 0.252 bits per heavy atom. The van der Waals surface area contributed by atoms with E-state index in [9.17, 15) is 0 Å². The summed E-state index contributed by atoms with van der Waals surface area (Å²) in [5, 5.41) is 0. The molecule has 14 rings (SSSR count). The standard InChI is InChI=1S/C18H22Te.4C12H17.8C6H5.2Bi.4FH.2Sb/c1-13-11-16(19-15-9-7-6-8-10-15)12-17(14(13)2)18(3,4)5;4*1-9-7-6-8-11(10(9)2)12(3,4)5;8*1-2-4-6-5-3-1;;;;;;;;/h6-12H,1-5H3;4*7-8H,1-5H3;8*1-5H;;;4*1H;;/q;;;;;;;;;;;;;;+2;;;;;;+2/p-4. The summed E-state index contributed by atoms with van der Waals surface area (Å²) in [6.45, 7) is 54.9. The van der Waals surface area contributed by atoms with Crippen LogP contribution in [0.4, 0.5) is 10.9 Å². The first-order valence-corrected chi connectivity index (χ1v) is 68.0. The SMILES string of the molecule is Cc1c[c]([Bi]([F])([F])([c]2ccccc2)[c]2ccccc2)cc(C(C)(C)C)c1C.Cc1c[c]([Bi]([c]2ccccc2)[c]2ccccc2)cc(C(C)(C)C)c1C.Cc1c[c]([Sb]([F])([F])([c]2ccccc2)[c]2ccccc2)cc(C(C)(C)C)c1C.Cc1c[c]([Sb]([c]2ccccc2)[c]2ccccc2)cc(C(C)(C)C)c1C.Cc1cc([Te]c2ccccc2)cc(C(C)(C)C)c1C. The van der Waals surface area contributed by atoms with Gasteiger partial charge in [-0.25, -0.2) is 0 Å². The van der Waals surface area contributed by atoms with E-state index < -0.39 is 80.5 Å². The second-order valence-corrected chi connectivity index (χ2v) is 78.9. The molecule has 0 aliphatic heterocycles. The van der Waals surface area contributed by atoms with Crippen molar-refractivity contribution >= 4 is 149 Å². The Bertz CT molecular complexity index is 5370. The van der Waals surface area contributed by atoms with E-state index >= 15 is 10.9 Å². The van der Waals surface area contributed by atoms with Crippen molar-refractivity contribution in [1.29, 1.82) is 0 Å². The van der Waals surface area contributed by atoms with E-state index in [1.54, 1.807) is 163 Å². The third-order valence-electron chi connectivity index (χ3n) is 23.6. The zero-order valence-corrected chi connectivity index (χ0v) is 91.9. The Hall–Kier alpha value is -7.01. The Kier molecular flexibility index (Phi) is 32.4. The van der Waals surface area contributed by atoms with E-state index in [1.807, 2.05) is 27.7 Å². The van der Waals surface area contributed by atoms with Crippen molar-refractivity contribution < 1.29 is 10.9 Å². The van der Waals surface area contributed by atoms with Crippen molar-refractivity contribution in [2.75, 3.05) is 0 Å². The molecule has 0 aliphatic carbocycles. The van der Waals surface area contributed by atoms with Gasteiger partial charge in [-0.15, -0.1) is 0 Å². The molecule has 640 valence electrons. The normalized spacial score (nSPS) is 12.6. The molecule has 0 bridgehead atoms. The predicted molar refractivity (Wildman–Crippen MR) is 539 cm³/mol. The van der Waals surface area contributed by atoms with Gasteiger partial charge in [0.1, 0.15) is 0 Å². The molecule has 0 N–H and O–H groups in total. The van der Waals surface area contributed by atoms with Gasteiger partial charge in [0.2, 0.25) is 0 Å². The summed E-state index contributed by atoms with van der Waals surface area (Å²) in [5.41, 5.74) is 19.4. The summed E-state index contributed by atoms with van der Waals surface area (Å²) in [5.74, 6) is 0. The zero-order chi connectivity index (χ0) is 89.9. The van der Waals surface area contributed by atoms with Crippen LogP contribution >= 0.6 is 0 Å². The fraction of sp³-hybridized carbons (Fsp3) is 0.263. The third-order valence-corrected chi connectivity index (χ3v) is 66.7. The number of halogens is 4. The van der Waals surface area contributed by atoms with Crippen molar-refractivity contribution in [3.05, 3.63) is 417 Å². The Morgan fingerprint density at radius 3 is 0.927 bits per heavy atom. The van der Waals surface area contributed by atoms with Crippen molar-refractivity contribution in [3.8, 4) is 0 Å². The van der Waals surface area contributed by atoms with E-state index in [2.05, 4.69) is 333 Å². The summed E-state index contributed by atoms with van der Waals surface area (Å²) in [6.07, 6.45) is 0. The Morgan fingerprint density at radius 2 is 0.545 bits per heavy atom. The molecule has 0 fully saturated rings. The van der Waals surface area contributed by atoms with Gasteiger partial charge < -0.3 is 0 Å². The van der Waals surface area contributed by atoms with E-state index in [1.165, 1.54) is 60.7 Å². The van der Waals surface area contributed by atoms with Gasteiger partial charge in [0.05, 0.1) is 0 Å². The monoisotopic (exact) mass is 2360 g/mol. The third kappa shape index (κ3) is 23.3. The van der Waals surface area contributed by atoms with E-state index in [-0.39, 0.29) is 68.3 Å². The van der Waals surface area contributed by atoms with Crippen LogP contribution in [-0.4, -0.2) is 101 Å². The summed E-state index contributed by atoms with van der Waals surface area (Å²) < 4.78 is 81.9. The number of hydrogen-bond acceptors (Lipinski definition) is 0. The quantitative estimate of drug-likeness (QED) is 0.0752. The van der Waals surface area contributed by atoms with Crippen molar-refractivity contribution in [2.45, 2.75) is 200 Å². The van der Waals surface area contributed by atoms with E-state index in [4.69, 9.17) is 0 Å². The van der Waals surface area contributed by atoms with E-state index in [0.29, 0.717) is 0 Å². The summed E-state index contributed by atoms with van der Waals surface area (Å²) in [6, 6.07) is 111. The van der Waals surface area contributed by atoms with Crippen LogP contribution in [-0.2, 0) is 27.1 Å².